The maximum absolute atomic E-state index is 5.45. The van der Waals surface area contributed by atoms with E-state index in [1.54, 1.807) is 0 Å². The van der Waals surface area contributed by atoms with Gasteiger partial charge in [-0.25, -0.2) is 0 Å². The van der Waals surface area contributed by atoms with Crippen molar-refractivity contribution >= 4 is 81.4 Å². The fourth-order valence-corrected chi connectivity index (χ4v) is 7.82. The molecule has 0 aromatic carbocycles. The largest absolute Gasteiger partial charge is 2.00 e. The van der Waals surface area contributed by atoms with Crippen molar-refractivity contribution in [1.29, 1.82) is 0 Å². The van der Waals surface area contributed by atoms with Crippen LogP contribution in [0.3, 0.4) is 0 Å². The van der Waals surface area contributed by atoms with Crippen molar-refractivity contribution in [3.8, 4) is 0 Å². The first kappa shape index (κ1) is 36.1. The zero-order chi connectivity index (χ0) is 29.9. The van der Waals surface area contributed by atoms with Crippen LogP contribution in [0.5, 0.6) is 0 Å². The molecule has 7 heteroatoms. The third kappa shape index (κ3) is 7.02. The Bertz CT molecular complexity index is 1050. The van der Waals surface area contributed by atoms with Gasteiger partial charge in [0.05, 0.1) is 22.2 Å². The van der Waals surface area contributed by atoms with Gasteiger partial charge < -0.3 is 59.5 Å². The first-order chi connectivity index (χ1) is 18.6. The van der Waals surface area contributed by atoms with E-state index in [1.807, 2.05) is 0 Å². The molecule has 8 atom stereocenters. The summed E-state index contributed by atoms with van der Waals surface area (Å²) in [4.78, 5) is 4.47. The number of rotatable bonds is 4. The van der Waals surface area contributed by atoms with Gasteiger partial charge in [-0.15, -0.1) is 0 Å². The molecule has 216 valence electrons. The summed E-state index contributed by atoms with van der Waals surface area (Å²) < 4.78 is 1.07. The van der Waals surface area contributed by atoms with Crippen LogP contribution in [-0.2, 0) is 25.3 Å². The Morgan fingerprint density at radius 2 is 0.683 bits per heavy atom. The Morgan fingerprint density at radius 1 is 0.488 bits per heavy atom. The fourth-order valence-electron chi connectivity index (χ4n) is 6.25. The van der Waals surface area contributed by atoms with Gasteiger partial charge in [0.2, 0.25) is 0 Å². The van der Waals surface area contributed by atoms with E-state index in [2.05, 4.69) is 162 Å². The molecule has 0 bridgehead atoms. The maximum atomic E-state index is 5.45. The van der Waals surface area contributed by atoms with Crippen LogP contribution in [0.2, 0.25) is 0 Å². The minimum absolute atomic E-state index is 0. The Kier molecular flexibility index (Phi) is 12.4. The van der Waals surface area contributed by atoms with Gasteiger partial charge in [0.1, 0.15) is 0 Å². The van der Waals surface area contributed by atoms with Crippen LogP contribution < -0.4 is 0 Å². The second-order valence-electron chi connectivity index (χ2n) is 12.2. The number of hydrogen-bond donors (Lipinski definition) is 0. The number of allylic oxidation sites excluding steroid dienone is 8. The molecular formula is C34H44MgN2S4. The summed E-state index contributed by atoms with van der Waals surface area (Å²) >= 11 is 21.8. The second kappa shape index (κ2) is 14.1. The molecule has 4 rings (SSSR count). The zero-order valence-electron chi connectivity index (χ0n) is 25.8. The molecule has 2 nitrogen and oxygen atoms in total. The molecule has 0 aliphatic heterocycles. The van der Waals surface area contributed by atoms with Gasteiger partial charge in [0.15, 0.2) is 0 Å². The van der Waals surface area contributed by atoms with Crippen LogP contribution in [0.15, 0.2) is 97.2 Å². The van der Waals surface area contributed by atoms with E-state index in [-0.39, 0.29) is 45.2 Å². The van der Waals surface area contributed by atoms with Gasteiger partial charge >= 0.3 is 23.1 Å². The topological polar surface area (TPSA) is 6.48 Å². The fraction of sp³-hybridized carbons (Fsp3) is 0.471. The Morgan fingerprint density at radius 3 is 0.829 bits per heavy atom. The summed E-state index contributed by atoms with van der Waals surface area (Å²) in [6.07, 6.45) is 34.5. The molecule has 0 heterocycles. The summed E-state index contributed by atoms with van der Waals surface area (Å²) in [5.41, 5.74) is -0.754. The van der Waals surface area contributed by atoms with E-state index in [9.17, 15) is 0 Å². The van der Waals surface area contributed by atoms with Gasteiger partial charge in [-0.1, -0.05) is 134 Å². The van der Waals surface area contributed by atoms with Gasteiger partial charge in [-0.2, -0.15) is 0 Å². The Labute approximate surface area is 287 Å². The summed E-state index contributed by atoms with van der Waals surface area (Å²) in [5, 5.41) is 0. The normalized spacial score (nSPS) is 38.0. The van der Waals surface area contributed by atoms with Crippen molar-refractivity contribution in [3.63, 3.8) is 0 Å². The molecule has 0 saturated heterocycles. The van der Waals surface area contributed by atoms with Gasteiger partial charge in [0, 0.05) is 23.7 Å². The number of nitrogens with zero attached hydrogens (tertiary/aromatic N) is 2. The molecule has 0 spiro atoms. The first-order valence-electron chi connectivity index (χ1n) is 14.1. The molecule has 0 fully saturated rings. The molecule has 41 heavy (non-hydrogen) atoms. The molecule has 0 aromatic heterocycles. The van der Waals surface area contributed by atoms with Crippen molar-refractivity contribution in [2.75, 3.05) is 0 Å². The van der Waals surface area contributed by atoms with E-state index in [1.165, 1.54) is 0 Å². The average Bonchev–Trinajstić information content (AvgIpc) is 2.87. The molecule has 0 aromatic rings. The maximum Gasteiger partial charge on any atom is 2.00 e. The molecule has 0 saturated carbocycles. The van der Waals surface area contributed by atoms with Crippen LogP contribution in [-0.4, -0.2) is 63.6 Å². The summed E-state index contributed by atoms with van der Waals surface area (Å²) in [6.45, 7) is 17.8. The van der Waals surface area contributed by atoms with Crippen molar-refractivity contribution in [1.82, 2.24) is 9.80 Å². The first-order valence-corrected chi connectivity index (χ1v) is 15.7. The zero-order valence-corrected chi connectivity index (χ0v) is 30.5. The molecule has 0 N–H and O–H groups in total. The van der Waals surface area contributed by atoms with E-state index in [4.69, 9.17) is 49.7 Å². The summed E-state index contributed by atoms with van der Waals surface area (Å²) in [5.74, 6) is 1.43. The monoisotopic (exact) mass is 632 g/mol. The van der Waals surface area contributed by atoms with Gasteiger partial charge in [0.25, 0.3) is 0 Å². The van der Waals surface area contributed by atoms with Crippen molar-refractivity contribution in [2.24, 2.45) is 23.7 Å². The SMILES string of the molecule is CC1C=CC=CC1(C)N(C(=S)[S-])C1(C)C=CC=CC1C.CC1C=CC=CC1(C)N(C(=S)[S-])C1(C)C=CC=CC1C.[Mg+2]. The van der Waals surface area contributed by atoms with E-state index >= 15 is 0 Å². The van der Waals surface area contributed by atoms with E-state index < -0.39 is 0 Å². The van der Waals surface area contributed by atoms with Crippen LogP contribution in [0.25, 0.3) is 0 Å². The van der Waals surface area contributed by atoms with E-state index in [0.717, 1.165) is 0 Å². The minimum Gasteiger partial charge on any atom is -0.411 e. The quantitative estimate of drug-likeness (QED) is 0.175. The predicted molar refractivity (Wildman–Crippen MR) is 193 cm³/mol. The van der Waals surface area contributed by atoms with Gasteiger partial charge in [-0.3, -0.25) is 0 Å². The van der Waals surface area contributed by atoms with Crippen LogP contribution >= 0.6 is 24.4 Å². The Hall–Kier alpha value is -1.09. The van der Waals surface area contributed by atoms with E-state index in [0.29, 0.717) is 32.3 Å². The predicted octanol–water partition coefficient (Wildman–Crippen LogP) is 7.94. The summed E-state index contributed by atoms with van der Waals surface area (Å²) in [7, 11) is 0. The van der Waals surface area contributed by atoms with Crippen LogP contribution in [0.1, 0.15) is 55.4 Å². The molecule has 8 unspecified atom stereocenters. The number of thiocarbonyl (C=S) groups is 2. The van der Waals surface area contributed by atoms with Gasteiger partial charge in [-0.05, 0) is 27.7 Å². The number of hydrogen-bond acceptors (Lipinski definition) is 4. The third-order valence-electron chi connectivity index (χ3n) is 9.76. The van der Waals surface area contributed by atoms with Crippen molar-refractivity contribution in [3.05, 3.63) is 97.2 Å². The van der Waals surface area contributed by atoms with Crippen LogP contribution in [0, 0.1) is 23.7 Å². The molecular weight excluding hydrogens is 589 g/mol. The minimum atomic E-state index is -0.188. The standard InChI is InChI=1S/2C17H23NS2.Mg/c2*1-13-9-5-7-11-16(13,3)18(15(19)20)17(4)12-8-6-10-14(17)2;/h2*5-14H,1-4H3,(H,19,20);/q;;+2/p-2. The second-order valence-corrected chi connectivity index (χ2v) is 14.3. The molecule has 4 aliphatic rings. The third-order valence-corrected chi connectivity index (χ3v) is 10.5. The van der Waals surface area contributed by atoms with Crippen LogP contribution in [0.4, 0.5) is 0 Å². The smallest absolute Gasteiger partial charge is 0.411 e. The average molecular weight is 633 g/mol. The summed E-state index contributed by atoms with van der Waals surface area (Å²) in [6, 6.07) is 0. The van der Waals surface area contributed by atoms with Crippen molar-refractivity contribution in [2.45, 2.75) is 77.5 Å². The molecule has 0 radical (unpaired) electrons. The molecule has 0 amide bonds. The van der Waals surface area contributed by atoms with Crippen molar-refractivity contribution < 1.29 is 0 Å². The molecule has 4 aliphatic carbocycles. The Balaban J connectivity index is 0.000000280.